The van der Waals surface area contributed by atoms with Gasteiger partial charge in [-0.1, -0.05) is 57.5 Å². The molecule has 3 aromatic heterocycles. The van der Waals surface area contributed by atoms with Crippen LogP contribution in [0.3, 0.4) is 0 Å². The third-order valence-electron chi connectivity index (χ3n) is 7.01. The zero-order valence-electron chi connectivity index (χ0n) is 22.9. The number of fused-ring (bicyclic) bond motifs is 1. The highest BCUT2D eigenvalue weighted by atomic mass is 35.5. The standard InChI is InChI=1S/C28H31Cl2N7O2/c1-8-21(38)36-16(6)11-35(12-17(36)7)24-18-9-20(29)26(30)34-27(18)37(28(39)19(24)10-31)25-22(14(2)3)32-13-33-23(25)15(4)5/h8-9,13-17H,1,11-12H2,2-7H3/t16-,17+. The normalized spacial score (nSPS) is 17.7. The summed E-state index contributed by atoms with van der Waals surface area (Å²) in [6.07, 6.45) is 2.79. The zero-order valence-corrected chi connectivity index (χ0v) is 24.4. The summed E-state index contributed by atoms with van der Waals surface area (Å²) in [5.41, 5.74) is 1.87. The predicted octanol–water partition coefficient (Wildman–Crippen LogP) is 5.21. The van der Waals surface area contributed by atoms with E-state index in [0.717, 1.165) is 0 Å². The molecule has 0 radical (unpaired) electrons. The lowest BCUT2D eigenvalue weighted by atomic mass is 10.00. The molecule has 0 bridgehead atoms. The van der Waals surface area contributed by atoms with Crippen molar-refractivity contribution in [3.63, 3.8) is 0 Å². The van der Waals surface area contributed by atoms with Crippen molar-refractivity contribution < 1.29 is 4.79 Å². The topological polar surface area (TPSA) is 108 Å². The summed E-state index contributed by atoms with van der Waals surface area (Å²) in [6, 6.07) is 3.38. The third kappa shape index (κ3) is 4.88. The minimum atomic E-state index is -0.547. The molecule has 9 nitrogen and oxygen atoms in total. The van der Waals surface area contributed by atoms with Crippen molar-refractivity contribution in [2.24, 2.45) is 0 Å². The fraction of sp³-hybridized carbons (Fsp3) is 0.429. The van der Waals surface area contributed by atoms with E-state index in [2.05, 4.69) is 27.6 Å². The Morgan fingerprint density at radius 2 is 1.67 bits per heavy atom. The Labute approximate surface area is 237 Å². The van der Waals surface area contributed by atoms with Crippen molar-refractivity contribution in [3.8, 4) is 11.8 Å². The molecule has 0 aromatic carbocycles. The molecule has 0 spiro atoms. The number of nitrogens with zero attached hydrogens (tertiary/aromatic N) is 7. The Bertz CT molecular complexity index is 1540. The Morgan fingerprint density at radius 3 is 2.15 bits per heavy atom. The fourth-order valence-electron chi connectivity index (χ4n) is 5.41. The van der Waals surface area contributed by atoms with Gasteiger partial charge in [0.25, 0.3) is 5.56 Å². The van der Waals surface area contributed by atoms with Crippen LogP contribution in [0.2, 0.25) is 10.2 Å². The number of hydrogen-bond acceptors (Lipinski definition) is 7. The largest absolute Gasteiger partial charge is 0.366 e. The molecule has 3 aromatic rings. The van der Waals surface area contributed by atoms with Crippen LogP contribution in [-0.2, 0) is 4.79 Å². The van der Waals surface area contributed by atoms with Gasteiger partial charge in [0.2, 0.25) is 5.91 Å². The molecule has 39 heavy (non-hydrogen) atoms. The number of carbonyl (C=O) groups is 1. The Morgan fingerprint density at radius 1 is 1.10 bits per heavy atom. The van der Waals surface area contributed by atoms with Gasteiger partial charge in [-0.25, -0.2) is 15.0 Å². The number of halogens is 2. The average Bonchev–Trinajstić information content (AvgIpc) is 2.88. The highest BCUT2D eigenvalue weighted by Crippen LogP contribution is 2.37. The Hall–Kier alpha value is -3.48. The molecule has 11 heteroatoms. The summed E-state index contributed by atoms with van der Waals surface area (Å²) in [5, 5.41) is 11.1. The molecule has 1 aliphatic rings. The molecule has 0 saturated carbocycles. The number of amides is 1. The highest BCUT2D eigenvalue weighted by Gasteiger charge is 2.35. The summed E-state index contributed by atoms with van der Waals surface area (Å²) in [4.78, 5) is 44.1. The van der Waals surface area contributed by atoms with E-state index in [4.69, 9.17) is 23.2 Å². The number of hydrogen-bond donors (Lipinski definition) is 0. The van der Waals surface area contributed by atoms with Gasteiger partial charge in [-0.3, -0.25) is 14.2 Å². The summed E-state index contributed by atoms with van der Waals surface area (Å²) in [7, 11) is 0. The summed E-state index contributed by atoms with van der Waals surface area (Å²) >= 11 is 12.9. The van der Waals surface area contributed by atoms with E-state index in [1.165, 1.54) is 17.0 Å². The molecule has 0 unspecified atom stereocenters. The van der Waals surface area contributed by atoms with Crippen LogP contribution in [0.15, 0.2) is 29.8 Å². The van der Waals surface area contributed by atoms with Crippen LogP contribution in [0.5, 0.6) is 0 Å². The Kier molecular flexibility index (Phi) is 8.01. The van der Waals surface area contributed by atoms with E-state index in [-0.39, 0.29) is 51.2 Å². The van der Waals surface area contributed by atoms with Gasteiger partial charge in [0.1, 0.15) is 23.1 Å². The van der Waals surface area contributed by atoms with E-state index in [1.54, 1.807) is 11.0 Å². The first kappa shape index (κ1) is 28.5. The van der Waals surface area contributed by atoms with Gasteiger partial charge in [-0.2, -0.15) is 5.26 Å². The van der Waals surface area contributed by atoms with E-state index < -0.39 is 5.56 Å². The molecule has 1 fully saturated rings. The van der Waals surface area contributed by atoms with Crippen molar-refractivity contribution in [3.05, 3.63) is 62.5 Å². The Balaban J connectivity index is 2.11. The number of nitriles is 1. The first-order valence-corrected chi connectivity index (χ1v) is 13.6. The number of pyridine rings is 2. The molecule has 1 saturated heterocycles. The van der Waals surface area contributed by atoms with Gasteiger partial charge < -0.3 is 9.80 Å². The maximum Gasteiger partial charge on any atom is 0.276 e. The average molecular weight is 569 g/mol. The molecule has 4 rings (SSSR count). The van der Waals surface area contributed by atoms with Crippen LogP contribution in [0.4, 0.5) is 5.69 Å². The van der Waals surface area contributed by atoms with Crippen LogP contribution in [0, 0.1) is 11.3 Å². The number of rotatable bonds is 5. The molecule has 2 atom stereocenters. The molecular weight excluding hydrogens is 537 g/mol. The van der Waals surface area contributed by atoms with Crippen molar-refractivity contribution in [1.82, 2.24) is 24.4 Å². The van der Waals surface area contributed by atoms with Crippen molar-refractivity contribution in [2.45, 2.75) is 65.5 Å². The number of anilines is 1. The van der Waals surface area contributed by atoms with E-state index in [0.29, 0.717) is 41.2 Å². The molecule has 4 heterocycles. The fourth-order valence-corrected chi connectivity index (χ4v) is 5.69. The van der Waals surface area contributed by atoms with Crippen molar-refractivity contribution >= 4 is 45.8 Å². The molecular formula is C28H31Cl2N7O2. The zero-order chi connectivity index (χ0) is 28.8. The van der Waals surface area contributed by atoms with Crippen LogP contribution in [-0.4, -0.2) is 55.5 Å². The monoisotopic (exact) mass is 567 g/mol. The van der Waals surface area contributed by atoms with Crippen LogP contribution < -0.4 is 10.5 Å². The molecule has 1 aliphatic heterocycles. The predicted molar refractivity (Wildman–Crippen MR) is 154 cm³/mol. The lowest BCUT2D eigenvalue weighted by Crippen LogP contribution is -2.58. The van der Waals surface area contributed by atoms with Crippen molar-refractivity contribution in [2.75, 3.05) is 18.0 Å². The van der Waals surface area contributed by atoms with Gasteiger partial charge in [0.05, 0.1) is 27.8 Å². The molecule has 0 aliphatic carbocycles. The minimum Gasteiger partial charge on any atom is -0.366 e. The number of piperazine rings is 1. The maximum absolute atomic E-state index is 14.3. The maximum atomic E-state index is 14.3. The van der Waals surface area contributed by atoms with Gasteiger partial charge >= 0.3 is 0 Å². The smallest absolute Gasteiger partial charge is 0.276 e. The first-order chi connectivity index (χ1) is 18.4. The lowest BCUT2D eigenvalue weighted by molar-refractivity contribution is -0.130. The van der Waals surface area contributed by atoms with Crippen LogP contribution in [0.1, 0.15) is 70.3 Å². The van der Waals surface area contributed by atoms with E-state index >= 15 is 0 Å². The number of carbonyl (C=O) groups excluding carboxylic acids is 1. The second-order valence-corrected chi connectivity index (χ2v) is 11.2. The van der Waals surface area contributed by atoms with Crippen LogP contribution in [0.25, 0.3) is 16.7 Å². The number of aromatic nitrogens is 4. The summed E-state index contributed by atoms with van der Waals surface area (Å²) < 4.78 is 1.41. The molecule has 1 amide bonds. The van der Waals surface area contributed by atoms with Crippen molar-refractivity contribution in [1.29, 1.82) is 5.26 Å². The van der Waals surface area contributed by atoms with Crippen LogP contribution >= 0.6 is 23.2 Å². The summed E-state index contributed by atoms with van der Waals surface area (Å²) in [6.45, 7) is 16.2. The third-order valence-corrected chi connectivity index (χ3v) is 7.68. The summed E-state index contributed by atoms with van der Waals surface area (Å²) in [5.74, 6) is -0.265. The lowest BCUT2D eigenvalue weighted by Gasteiger charge is -2.45. The van der Waals surface area contributed by atoms with E-state index in [9.17, 15) is 14.9 Å². The first-order valence-electron chi connectivity index (χ1n) is 12.8. The van der Waals surface area contributed by atoms with Gasteiger partial charge in [-0.05, 0) is 37.8 Å². The van der Waals surface area contributed by atoms with Gasteiger partial charge in [0.15, 0.2) is 5.65 Å². The van der Waals surface area contributed by atoms with Gasteiger partial charge in [0, 0.05) is 30.6 Å². The SMILES string of the molecule is C=CC(=O)N1[C@H](C)CN(c2c(C#N)c(=O)n(-c3c(C(C)C)ncnc3C(C)C)c3nc(Cl)c(Cl)cc23)C[C@@H]1C. The minimum absolute atomic E-state index is 0.0325. The van der Waals surface area contributed by atoms with E-state index in [1.807, 2.05) is 46.4 Å². The second-order valence-electron chi connectivity index (χ2n) is 10.5. The van der Waals surface area contributed by atoms with Gasteiger partial charge in [-0.15, -0.1) is 0 Å². The molecule has 204 valence electrons. The molecule has 0 N–H and O–H groups in total. The highest BCUT2D eigenvalue weighted by molar-refractivity contribution is 6.41. The second kappa shape index (κ2) is 10.9. The quantitative estimate of drug-likeness (QED) is 0.307.